The fourth-order valence-corrected chi connectivity index (χ4v) is 6.01. The van der Waals surface area contributed by atoms with Gasteiger partial charge >= 0.3 is 0 Å². The molecule has 1 N–H and O–H groups in total. The number of ether oxygens (including phenoxy) is 1. The Morgan fingerprint density at radius 2 is 1.66 bits per heavy atom. The second kappa shape index (κ2) is 10.8. The molecule has 4 aliphatic heterocycles. The summed E-state index contributed by atoms with van der Waals surface area (Å²) in [7, 11) is 0. The van der Waals surface area contributed by atoms with Crippen LogP contribution in [0.3, 0.4) is 0 Å². The number of carbonyl (C=O) groups is 2. The summed E-state index contributed by atoms with van der Waals surface area (Å²) in [4.78, 5) is 34.6. The van der Waals surface area contributed by atoms with E-state index in [1.54, 1.807) is 0 Å². The van der Waals surface area contributed by atoms with Crippen molar-refractivity contribution in [1.82, 2.24) is 20.0 Å². The van der Waals surface area contributed by atoms with Crippen molar-refractivity contribution < 1.29 is 18.7 Å². The number of hydrogen-bond donors (Lipinski definition) is 1. The SMILES string of the molecule is O=C(CN1CCOCC1)N1CCC2(CC1)C[C@H](CCN1CCN(c3ccc(F)cc3)CC1)NC2=O. The Kier molecular flexibility index (Phi) is 7.55. The topological polar surface area (TPSA) is 68.4 Å². The third-order valence-corrected chi connectivity index (χ3v) is 8.35. The van der Waals surface area contributed by atoms with E-state index < -0.39 is 0 Å². The van der Waals surface area contributed by atoms with Gasteiger partial charge < -0.3 is 19.9 Å². The minimum Gasteiger partial charge on any atom is -0.379 e. The van der Waals surface area contributed by atoms with Gasteiger partial charge in [0.15, 0.2) is 0 Å². The molecule has 1 atom stereocenters. The predicted molar refractivity (Wildman–Crippen MR) is 132 cm³/mol. The second-order valence-corrected chi connectivity index (χ2v) is 10.5. The van der Waals surface area contributed by atoms with Crippen molar-refractivity contribution in [3.05, 3.63) is 30.1 Å². The molecule has 35 heavy (non-hydrogen) atoms. The fourth-order valence-electron chi connectivity index (χ4n) is 6.01. The smallest absolute Gasteiger partial charge is 0.236 e. The summed E-state index contributed by atoms with van der Waals surface area (Å²) in [5.41, 5.74) is 0.771. The Labute approximate surface area is 207 Å². The molecule has 4 aliphatic rings. The minimum absolute atomic E-state index is 0.177. The van der Waals surface area contributed by atoms with Crippen LogP contribution in [0, 0.1) is 11.2 Å². The van der Waals surface area contributed by atoms with Crippen LogP contribution in [0.25, 0.3) is 0 Å². The van der Waals surface area contributed by atoms with Crippen LogP contribution in [0.1, 0.15) is 25.7 Å². The van der Waals surface area contributed by atoms with Gasteiger partial charge in [0, 0.05) is 70.6 Å². The van der Waals surface area contributed by atoms with Crippen molar-refractivity contribution in [3.63, 3.8) is 0 Å². The molecule has 1 spiro atoms. The number of piperazine rings is 1. The van der Waals surface area contributed by atoms with Gasteiger partial charge in [-0.2, -0.15) is 0 Å². The van der Waals surface area contributed by atoms with E-state index in [0.29, 0.717) is 32.8 Å². The van der Waals surface area contributed by atoms with Crippen molar-refractivity contribution >= 4 is 17.5 Å². The summed E-state index contributed by atoms with van der Waals surface area (Å²) < 4.78 is 18.6. The number of piperidine rings is 1. The monoisotopic (exact) mass is 487 g/mol. The minimum atomic E-state index is -0.304. The lowest BCUT2D eigenvalue weighted by atomic mass is 9.75. The summed E-state index contributed by atoms with van der Waals surface area (Å²) >= 11 is 0. The van der Waals surface area contributed by atoms with E-state index in [4.69, 9.17) is 4.74 Å². The van der Waals surface area contributed by atoms with Gasteiger partial charge in [-0.25, -0.2) is 4.39 Å². The standard InChI is InChI=1S/C26H38FN5O3/c27-21-1-3-23(4-2-21)31-13-11-29(12-14-31)8-5-22-19-26(25(34)28-22)6-9-32(10-7-26)24(33)20-30-15-17-35-18-16-30/h1-4,22H,5-20H2,(H,28,34)/t22-/m0/s1. The largest absolute Gasteiger partial charge is 0.379 e. The number of anilines is 1. The highest BCUT2D eigenvalue weighted by atomic mass is 19.1. The summed E-state index contributed by atoms with van der Waals surface area (Å²) in [6.45, 7) is 9.62. The lowest BCUT2D eigenvalue weighted by Crippen LogP contribution is -2.50. The lowest BCUT2D eigenvalue weighted by molar-refractivity contribution is -0.139. The van der Waals surface area contributed by atoms with Gasteiger partial charge in [-0.1, -0.05) is 0 Å². The first-order valence-electron chi connectivity index (χ1n) is 13.1. The molecule has 0 aromatic heterocycles. The van der Waals surface area contributed by atoms with Crippen LogP contribution in [0.15, 0.2) is 24.3 Å². The number of nitrogens with one attached hydrogen (secondary N) is 1. The van der Waals surface area contributed by atoms with Gasteiger partial charge in [0.25, 0.3) is 0 Å². The van der Waals surface area contributed by atoms with Gasteiger partial charge in [-0.05, 0) is 49.9 Å². The normalized spacial score (nSPS) is 25.7. The van der Waals surface area contributed by atoms with E-state index in [9.17, 15) is 14.0 Å². The number of carbonyl (C=O) groups excluding carboxylic acids is 2. The maximum absolute atomic E-state index is 13.2. The molecule has 0 saturated carbocycles. The average molecular weight is 488 g/mol. The molecule has 8 nitrogen and oxygen atoms in total. The lowest BCUT2D eigenvalue weighted by Gasteiger charge is -2.38. The van der Waals surface area contributed by atoms with Crippen molar-refractivity contribution in [3.8, 4) is 0 Å². The Hall–Kier alpha value is -2.23. The van der Waals surface area contributed by atoms with Crippen molar-refractivity contribution in [2.45, 2.75) is 31.7 Å². The van der Waals surface area contributed by atoms with Gasteiger partial charge in [-0.3, -0.25) is 19.4 Å². The number of hydrogen-bond acceptors (Lipinski definition) is 6. The maximum Gasteiger partial charge on any atom is 0.236 e. The van der Waals surface area contributed by atoms with Crippen LogP contribution in [-0.4, -0.2) is 111 Å². The predicted octanol–water partition coefficient (Wildman–Crippen LogP) is 1.17. The van der Waals surface area contributed by atoms with E-state index in [0.717, 1.165) is 77.2 Å². The van der Waals surface area contributed by atoms with Crippen LogP contribution in [0.2, 0.25) is 0 Å². The second-order valence-electron chi connectivity index (χ2n) is 10.5. The zero-order chi connectivity index (χ0) is 24.3. The molecule has 0 bridgehead atoms. The number of amides is 2. The Bertz CT molecular complexity index is 875. The summed E-state index contributed by atoms with van der Waals surface area (Å²) in [5, 5.41) is 3.27. The number of benzene rings is 1. The third kappa shape index (κ3) is 5.78. The van der Waals surface area contributed by atoms with E-state index in [1.807, 2.05) is 17.0 Å². The van der Waals surface area contributed by atoms with Crippen LogP contribution in [-0.2, 0) is 14.3 Å². The highest BCUT2D eigenvalue weighted by Gasteiger charge is 2.48. The van der Waals surface area contributed by atoms with Crippen molar-refractivity contribution in [2.24, 2.45) is 5.41 Å². The third-order valence-electron chi connectivity index (χ3n) is 8.35. The molecular formula is C26H38FN5O3. The van der Waals surface area contributed by atoms with Crippen LogP contribution < -0.4 is 10.2 Å². The van der Waals surface area contributed by atoms with Gasteiger partial charge in [0.2, 0.25) is 11.8 Å². The molecule has 4 saturated heterocycles. The molecule has 0 radical (unpaired) electrons. The number of likely N-dealkylation sites (tertiary alicyclic amines) is 1. The zero-order valence-corrected chi connectivity index (χ0v) is 20.6. The molecule has 4 heterocycles. The fraction of sp³-hybridized carbons (Fsp3) is 0.692. The Morgan fingerprint density at radius 1 is 0.971 bits per heavy atom. The first-order chi connectivity index (χ1) is 17.0. The van der Waals surface area contributed by atoms with E-state index >= 15 is 0 Å². The molecule has 2 amide bonds. The van der Waals surface area contributed by atoms with Gasteiger partial charge in [0.1, 0.15) is 5.82 Å². The summed E-state index contributed by atoms with van der Waals surface area (Å²) in [5.74, 6) is 0.162. The van der Waals surface area contributed by atoms with Crippen LogP contribution in [0.4, 0.5) is 10.1 Å². The number of morpholine rings is 1. The number of nitrogens with zero attached hydrogens (tertiary/aromatic N) is 4. The van der Waals surface area contributed by atoms with E-state index in [1.165, 1.54) is 12.1 Å². The Morgan fingerprint density at radius 3 is 2.34 bits per heavy atom. The van der Waals surface area contributed by atoms with Crippen LogP contribution in [0.5, 0.6) is 0 Å². The molecule has 4 fully saturated rings. The Balaban J connectivity index is 1.04. The number of rotatable bonds is 6. The van der Waals surface area contributed by atoms with Crippen molar-refractivity contribution in [2.75, 3.05) is 83.6 Å². The molecule has 1 aromatic rings. The first-order valence-corrected chi connectivity index (χ1v) is 13.1. The quantitative estimate of drug-likeness (QED) is 0.650. The van der Waals surface area contributed by atoms with Crippen LogP contribution >= 0.6 is 0 Å². The van der Waals surface area contributed by atoms with E-state index in [2.05, 4.69) is 20.0 Å². The highest BCUT2D eigenvalue weighted by Crippen LogP contribution is 2.41. The molecule has 192 valence electrons. The summed E-state index contributed by atoms with van der Waals surface area (Å²) in [6.07, 6.45) is 3.37. The maximum atomic E-state index is 13.2. The van der Waals surface area contributed by atoms with Gasteiger partial charge in [0.05, 0.1) is 25.2 Å². The molecule has 5 rings (SSSR count). The highest BCUT2D eigenvalue weighted by molar-refractivity contribution is 5.86. The molecular weight excluding hydrogens is 449 g/mol. The van der Waals surface area contributed by atoms with E-state index in [-0.39, 0.29) is 29.1 Å². The number of halogens is 1. The molecule has 1 aromatic carbocycles. The molecule has 0 unspecified atom stereocenters. The summed E-state index contributed by atoms with van der Waals surface area (Å²) in [6, 6.07) is 6.95. The first kappa shape index (κ1) is 24.5. The molecule has 9 heteroatoms. The van der Waals surface area contributed by atoms with Gasteiger partial charge in [-0.15, -0.1) is 0 Å². The average Bonchev–Trinajstić information content (AvgIpc) is 3.19. The van der Waals surface area contributed by atoms with Crippen molar-refractivity contribution in [1.29, 1.82) is 0 Å². The molecule has 0 aliphatic carbocycles. The zero-order valence-electron chi connectivity index (χ0n) is 20.6.